The summed E-state index contributed by atoms with van der Waals surface area (Å²) in [5.41, 5.74) is 7.82. The zero-order valence-corrected chi connectivity index (χ0v) is 17.2. The van der Waals surface area contributed by atoms with E-state index < -0.39 is 0 Å². The lowest BCUT2D eigenvalue weighted by molar-refractivity contribution is -0.120. The van der Waals surface area contributed by atoms with Crippen molar-refractivity contribution in [2.75, 3.05) is 20.7 Å². The van der Waals surface area contributed by atoms with Crippen LogP contribution < -0.4 is 20.8 Å². The van der Waals surface area contributed by atoms with Crippen molar-refractivity contribution in [3.05, 3.63) is 62.3 Å². The molecule has 1 atom stereocenters. The van der Waals surface area contributed by atoms with Crippen molar-refractivity contribution in [1.29, 1.82) is 0 Å². The van der Waals surface area contributed by atoms with Gasteiger partial charge in [-0.1, -0.05) is 12.1 Å². The average Bonchev–Trinajstić information content (AvgIpc) is 2.89. The van der Waals surface area contributed by atoms with Crippen LogP contribution in [0.25, 0.3) is 11.1 Å². The van der Waals surface area contributed by atoms with Crippen molar-refractivity contribution < 1.29 is 9.53 Å². The van der Waals surface area contributed by atoms with E-state index in [9.17, 15) is 9.59 Å². The highest BCUT2D eigenvalue weighted by atomic mass is 16.5. The van der Waals surface area contributed by atoms with Crippen LogP contribution in [0.5, 0.6) is 5.75 Å². The molecule has 28 heavy (non-hydrogen) atoms. The molecule has 2 aromatic carbocycles. The lowest BCUT2D eigenvalue weighted by Crippen LogP contribution is -2.35. The van der Waals surface area contributed by atoms with Gasteiger partial charge in [0.25, 0.3) is 0 Å². The van der Waals surface area contributed by atoms with E-state index in [1.54, 1.807) is 19.2 Å². The van der Waals surface area contributed by atoms with Gasteiger partial charge in [-0.3, -0.25) is 9.59 Å². The molecule has 0 unspecified atom stereocenters. The minimum Gasteiger partial charge on any atom is -0.493 e. The third kappa shape index (κ3) is 3.67. The normalized spacial score (nSPS) is 15.2. The Kier molecular flexibility index (Phi) is 5.84. The first-order chi connectivity index (χ1) is 13.4. The fourth-order valence-corrected chi connectivity index (χ4v) is 4.06. The molecule has 0 saturated heterocycles. The topological polar surface area (TPSA) is 67.4 Å². The summed E-state index contributed by atoms with van der Waals surface area (Å²) in [5.74, 6) is 0.218. The van der Waals surface area contributed by atoms with E-state index in [1.165, 1.54) is 34.9 Å². The Balaban J connectivity index is 2.28. The molecule has 3 rings (SSSR count). The summed E-state index contributed by atoms with van der Waals surface area (Å²) in [6, 6.07) is 7.33. The molecule has 0 aliphatic heterocycles. The Morgan fingerprint density at radius 2 is 1.93 bits per heavy atom. The summed E-state index contributed by atoms with van der Waals surface area (Å²) in [6.07, 6.45) is 1.58. The van der Waals surface area contributed by atoms with Crippen LogP contribution in [0.1, 0.15) is 40.3 Å². The second kappa shape index (κ2) is 8.15. The predicted octanol–water partition coefficient (Wildman–Crippen LogP) is 2.97. The number of aryl methyl sites for hydroxylation is 2. The molecule has 5 heteroatoms. The molecule has 0 aromatic heterocycles. The lowest BCUT2D eigenvalue weighted by atomic mass is 9.88. The molecule has 0 fully saturated rings. The van der Waals surface area contributed by atoms with Gasteiger partial charge in [-0.2, -0.15) is 0 Å². The number of hydrogen-bond acceptors (Lipinski definition) is 4. The van der Waals surface area contributed by atoms with E-state index >= 15 is 0 Å². The molecule has 5 nitrogen and oxygen atoms in total. The van der Waals surface area contributed by atoms with E-state index in [4.69, 9.17) is 4.74 Å². The van der Waals surface area contributed by atoms with E-state index in [0.29, 0.717) is 5.75 Å². The Morgan fingerprint density at radius 1 is 1.18 bits per heavy atom. The fourth-order valence-electron chi connectivity index (χ4n) is 4.06. The molecular weight excluding hydrogens is 352 g/mol. The number of carbonyl (C=O) groups is 1. The number of ether oxygens (including phenoxy) is 1. The van der Waals surface area contributed by atoms with Gasteiger partial charge >= 0.3 is 0 Å². The molecule has 1 aliphatic rings. The number of benzene rings is 1. The van der Waals surface area contributed by atoms with Crippen molar-refractivity contribution in [3.63, 3.8) is 0 Å². The zero-order chi connectivity index (χ0) is 20.4. The molecule has 0 radical (unpaired) electrons. The molecule has 1 amide bonds. The SMILES string of the molecule is CNCC(=O)N[C@H]1CCc2cc(C)c(C)c(C)c2-c2ccc(OC)c(=O)cc21. The molecule has 0 bridgehead atoms. The number of fused-ring (bicyclic) bond motifs is 3. The number of likely N-dealkylation sites (N-methyl/N-ethyl adjacent to an activating group) is 1. The Labute approximate surface area is 166 Å². The highest BCUT2D eigenvalue weighted by Gasteiger charge is 2.26. The number of methoxy groups -OCH3 is 1. The van der Waals surface area contributed by atoms with E-state index in [0.717, 1.165) is 24.0 Å². The van der Waals surface area contributed by atoms with Gasteiger partial charge in [0.05, 0.1) is 19.7 Å². The smallest absolute Gasteiger partial charge is 0.234 e. The van der Waals surface area contributed by atoms with E-state index in [2.05, 4.69) is 37.5 Å². The maximum Gasteiger partial charge on any atom is 0.234 e. The summed E-state index contributed by atoms with van der Waals surface area (Å²) in [4.78, 5) is 25.0. The molecule has 2 N–H and O–H groups in total. The van der Waals surface area contributed by atoms with Gasteiger partial charge in [-0.05, 0) is 91.7 Å². The number of nitrogens with one attached hydrogen (secondary N) is 2. The maximum absolute atomic E-state index is 12.7. The van der Waals surface area contributed by atoms with Crippen LogP contribution in [0.15, 0.2) is 29.1 Å². The van der Waals surface area contributed by atoms with E-state index in [-0.39, 0.29) is 23.9 Å². The standard InChI is InChI=1S/C23H28N2O3/c1-13-10-16-6-8-19(25-22(27)12-24-4)18-11-20(26)21(28-5)9-7-17(18)23(16)15(3)14(13)2/h7,9-11,19,24H,6,8,12H2,1-5H3,(H,25,27)/t19-/m0/s1. The summed E-state index contributed by atoms with van der Waals surface area (Å²) in [6.45, 7) is 6.63. The van der Waals surface area contributed by atoms with Crippen LogP contribution >= 0.6 is 0 Å². The third-order valence-electron chi connectivity index (χ3n) is 5.72. The van der Waals surface area contributed by atoms with Gasteiger partial charge in [0.15, 0.2) is 5.75 Å². The fraction of sp³-hybridized carbons (Fsp3) is 0.391. The monoisotopic (exact) mass is 380 g/mol. The number of amides is 1. The number of hydrogen-bond donors (Lipinski definition) is 2. The van der Waals surface area contributed by atoms with Crippen molar-refractivity contribution in [1.82, 2.24) is 10.6 Å². The maximum atomic E-state index is 12.7. The molecule has 0 heterocycles. The van der Waals surface area contributed by atoms with Crippen LogP contribution in [0.2, 0.25) is 0 Å². The molecular formula is C23H28N2O3. The van der Waals surface area contributed by atoms with Gasteiger partial charge in [-0.15, -0.1) is 0 Å². The second-order valence-corrected chi connectivity index (χ2v) is 7.45. The van der Waals surface area contributed by atoms with Crippen LogP contribution in [0.3, 0.4) is 0 Å². The Bertz CT molecular complexity index is 982. The van der Waals surface area contributed by atoms with Gasteiger partial charge in [0.2, 0.25) is 11.3 Å². The summed E-state index contributed by atoms with van der Waals surface area (Å²) in [7, 11) is 3.24. The zero-order valence-electron chi connectivity index (χ0n) is 17.2. The number of carbonyl (C=O) groups excluding carboxylic acids is 1. The Morgan fingerprint density at radius 3 is 2.61 bits per heavy atom. The van der Waals surface area contributed by atoms with Crippen LogP contribution in [-0.2, 0) is 11.2 Å². The van der Waals surface area contributed by atoms with Crippen molar-refractivity contribution in [2.24, 2.45) is 0 Å². The van der Waals surface area contributed by atoms with Gasteiger partial charge < -0.3 is 15.4 Å². The second-order valence-electron chi connectivity index (χ2n) is 7.45. The van der Waals surface area contributed by atoms with Crippen molar-refractivity contribution >= 4 is 5.91 Å². The van der Waals surface area contributed by atoms with Crippen LogP contribution in [-0.4, -0.2) is 26.6 Å². The van der Waals surface area contributed by atoms with Crippen molar-refractivity contribution in [3.8, 4) is 16.9 Å². The molecule has 0 spiro atoms. The quantitative estimate of drug-likeness (QED) is 0.856. The highest BCUT2D eigenvalue weighted by Crippen LogP contribution is 2.40. The summed E-state index contributed by atoms with van der Waals surface area (Å²) >= 11 is 0. The van der Waals surface area contributed by atoms with Gasteiger partial charge in [0.1, 0.15) is 0 Å². The van der Waals surface area contributed by atoms with Gasteiger partial charge in [-0.25, -0.2) is 0 Å². The van der Waals surface area contributed by atoms with Crippen LogP contribution in [0.4, 0.5) is 0 Å². The minimum atomic E-state index is -0.229. The van der Waals surface area contributed by atoms with E-state index in [1.807, 2.05) is 6.07 Å². The van der Waals surface area contributed by atoms with Crippen molar-refractivity contribution in [2.45, 2.75) is 39.7 Å². The number of rotatable bonds is 4. The summed E-state index contributed by atoms with van der Waals surface area (Å²) in [5, 5.41) is 5.98. The molecule has 2 aromatic rings. The highest BCUT2D eigenvalue weighted by molar-refractivity contribution is 5.81. The third-order valence-corrected chi connectivity index (χ3v) is 5.72. The molecule has 148 valence electrons. The first kappa shape index (κ1) is 20.1. The first-order valence-corrected chi connectivity index (χ1v) is 9.63. The molecule has 0 saturated carbocycles. The van der Waals surface area contributed by atoms with Crippen LogP contribution in [0, 0.1) is 20.8 Å². The predicted molar refractivity (Wildman–Crippen MR) is 112 cm³/mol. The lowest BCUT2D eigenvalue weighted by Gasteiger charge is -2.19. The average molecular weight is 380 g/mol. The largest absolute Gasteiger partial charge is 0.493 e. The van der Waals surface area contributed by atoms with Gasteiger partial charge in [0, 0.05) is 0 Å². The Hall–Kier alpha value is -2.66. The summed E-state index contributed by atoms with van der Waals surface area (Å²) < 4.78 is 5.26. The minimum absolute atomic E-state index is 0.0839. The first-order valence-electron chi connectivity index (χ1n) is 9.63. The molecule has 1 aliphatic carbocycles.